The quantitative estimate of drug-likeness (QED) is 0.829. The van der Waals surface area contributed by atoms with Crippen LogP contribution in [0.2, 0.25) is 0 Å². The van der Waals surface area contributed by atoms with E-state index in [2.05, 4.69) is 63.8 Å². The molecule has 5 nitrogen and oxygen atoms in total. The van der Waals surface area contributed by atoms with Gasteiger partial charge in [-0.1, -0.05) is 12.1 Å². The van der Waals surface area contributed by atoms with E-state index in [-0.39, 0.29) is 0 Å². The summed E-state index contributed by atoms with van der Waals surface area (Å²) < 4.78 is 2.21. The van der Waals surface area contributed by atoms with Crippen molar-refractivity contribution in [2.45, 2.75) is 31.8 Å². The molecule has 28 heavy (non-hydrogen) atoms. The number of piperidine rings is 1. The molecule has 0 aliphatic carbocycles. The van der Waals surface area contributed by atoms with Crippen LogP contribution in [-0.4, -0.2) is 83.3 Å². The van der Waals surface area contributed by atoms with Gasteiger partial charge in [-0.05, 0) is 56.5 Å². The molecule has 0 amide bonds. The molecular weight excluding hydrogens is 348 g/mol. The first-order valence-electron chi connectivity index (χ1n) is 10.9. The van der Waals surface area contributed by atoms with Gasteiger partial charge >= 0.3 is 0 Å². The number of aliphatic hydroxyl groups excluding tert-OH is 1. The number of aromatic nitrogens is 1. The van der Waals surface area contributed by atoms with Crippen LogP contribution < -0.4 is 0 Å². The smallest absolute Gasteiger partial charge is 0.0480 e. The van der Waals surface area contributed by atoms with Gasteiger partial charge in [0.2, 0.25) is 0 Å². The zero-order chi connectivity index (χ0) is 19.5. The Hall–Kier alpha value is -1.40. The zero-order valence-electron chi connectivity index (χ0n) is 17.6. The average Bonchev–Trinajstić information content (AvgIpc) is 3.09. The number of likely N-dealkylation sites (N-methyl/N-ethyl adjacent to an activating group) is 1. The van der Waals surface area contributed by atoms with E-state index in [0.29, 0.717) is 18.6 Å². The lowest BCUT2D eigenvalue weighted by atomic mass is 9.86. The fourth-order valence-corrected chi connectivity index (χ4v) is 5.26. The Morgan fingerprint density at radius 3 is 2.64 bits per heavy atom. The third-order valence-corrected chi connectivity index (χ3v) is 6.93. The summed E-state index contributed by atoms with van der Waals surface area (Å²) in [5, 5.41) is 10.8. The van der Waals surface area contributed by atoms with Gasteiger partial charge in [-0.25, -0.2) is 0 Å². The van der Waals surface area contributed by atoms with Gasteiger partial charge in [-0.2, -0.15) is 0 Å². The van der Waals surface area contributed by atoms with Gasteiger partial charge in [0, 0.05) is 76.1 Å². The summed E-state index contributed by atoms with van der Waals surface area (Å²) >= 11 is 0. The highest BCUT2D eigenvalue weighted by atomic mass is 16.2. The maximum Gasteiger partial charge on any atom is 0.0480 e. The number of rotatable bonds is 6. The normalized spacial score (nSPS) is 25.5. The van der Waals surface area contributed by atoms with E-state index in [1.165, 1.54) is 55.6 Å². The highest BCUT2D eigenvalue weighted by Crippen LogP contribution is 2.29. The molecule has 2 aromatic rings. The van der Waals surface area contributed by atoms with Crippen LogP contribution in [-0.2, 0) is 13.6 Å². The third-order valence-electron chi connectivity index (χ3n) is 6.93. The standard InChI is InChI=1S/C23H36N4O/c1-24-12-14-27(15-13-24)22-9-11-26(18-20(22)6-4-16-28)17-19-5-3-7-23-21(19)8-10-25(23)2/h3,5,7-8,10,20,22,28H,4,6,9,11-18H2,1-2H3/t20-,22+/m1/s1. The number of hydrogen-bond donors (Lipinski definition) is 1. The van der Waals surface area contributed by atoms with E-state index in [1.807, 2.05) is 0 Å². The molecular formula is C23H36N4O. The predicted molar refractivity (Wildman–Crippen MR) is 115 cm³/mol. The number of likely N-dealkylation sites (tertiary alicyclic amines) is 1. The Kier molecular flexibility index (Phi) is 6.36. The van der Waals surface area contributed by atoms with Gasteiger partial charge in [-0.15, -0.1) is 0 Å². The van der Waals surface area contributed by atoms with E-state index < -0.39 is 0 Å². The molecule has 1 aromatic heterocycles. The SMILES string of the molecule is CN1CCN([C@H]2CCN(Cc3cccc4c3ccn4C)C[C@H]2CCCO)CC1. The molecule has 2 aliphatic heterocycles. The number of hydrogen-bond acceptors (Lipinski definition) is 4. The van der Waals surface area contributed by atoms with Crippen molar-refractivity contribution in [3.63, 3.8) is 0 Å². The summed E-state index contributed by atoms with van der Waals surface area (Å²) in [6, 6.07) is 9.63. The second-order valence-electron chi connectivity index (χ2n) is 8.83. The minimum Gasteiger partial charge on any atom is -0.396 e. The largest absolute Gasteiger partial charge is 0.396 e. The molecule has 0 spiro atoms. The monoisotopic (exact) mass is 384 g/mol. The highest BCUT2D eigenvalue weighted by Gasteiger charge is 2.34. The van der Waals surface area contributed by atoms with Gasteiger partial charge in [0.1, 0.15) is 0 Å². The van der Waals surface area contributed by atoms with Crippen molar-refractivity contribution in [2.75, 3.05) is 52.9 Å². The lowest BCUT2D eigenvalue weighted by Crippen LogP contribution is -2.56. The maximum atomic E-state index is 9.41. The molecule has 0 saturated carbocycles. The molecule has 2 atom stereocenters. The molecule has 3 heterocycles. The molecule has 4 rings (SSSR count). The first-order chi connectivity index (χ1) is 13.7. The summed E-state index contributed by atoms with van der Waals surface area (Å²) in [4.78, 5) is 7.82. The van der Waals surface area contributed by atoms with Crippen LogP contribution in [0.1, 0.15) is 24.8 Å². The topological polar surface area (TPSA) is 34.9 Å². The fourth-order valence-electron chi connectivity index (χ4n) is 5.26. The van der Waals surface area contributed by atoms with Crippen LogP contribution in [0.3, 0.4) is 0 Å². The van der Waals surface area contributed by atoms with Crippen molar-refractivity contribution in [1.29, 1.82) is 0 Å². The van der Waals surface area contributed by atoms with Crippen molar-refractivity contribution in [3.8, 4) is 0 Å². The summed E-state index contributed by atoms with van der Waals surface area (Å²) in [5.74, 6) is 0.666. The number of benzene rings is 1. The van der Waals surface area contributed by atoms with Crippen molar-refractivity contribution < 1.29 is 5.11 Å². The Morgan fingerprint density at radius 2 is 1.86 bits per heavy atom. The summed E-state index contributed by atoms with van der Waals surface area (Å²) in [6.45, 7) is 8.43. The van der Waals surface area contributed by atoms with Gasteiger partial charge in [-0.3, -0.25) is 9.80 Å². The molecule has 2 aliphatic rings. The minimum absolute atomic E-state index is 0.315. The van der Waals surface area contributed by atoms with Crippen LogP contribution in [0.4, 0.5) is 0 Å². The molecule has 0 unspecified atom stereocenters. The van der Waals surface area contributed by atoms with Gasteiger partial charge in [0.25, 0.3) is 0 Å². The average molecular weight is 385 g/mol. The minimum atomic E-state index is 0.315. The van der Waals surface area contributed by atoms with E-state index in [1.54, 1.807) is 0 Å². The lowest BCUT2D eigenvalue weighted by Gasteiger charge is -2.46. The maximum absolute atomic E-state index is 9.41. The van der Waals surface area contributed by atoms with Crippen molar-refractivity contribution in [1.82, 2.24) is 19.3 Å². The van der Waals surface area contributed by atoms with Crippen LogP contribution in [0.15, 0.2) is 30.5 Å². The second-order valence-corrected chi connectivity index (χ2v) is 8.83. The molecule has 154 valence electrons. The Morgan fingerprint density at radius 1 is 1.04 bits per heavy atom. The van der Waals surface area contributed by atoms with Crippen LogP contribution in [0.5, 0.6) is 0 Å². The fraction of sp³-hybridized carbons (Fsp3) is 0.652. The molecule has 5 heteroatoms. The summed E-state index contributed by atoms with van der Waals surface area (Å²) in [7, 11) is 4.35. The molecule has 0 radical (unpaired) electrons. The number of piperazine rings is 1. The molecule has 2 saturated heterocycles. The van der Waals surface area contributed by atoms with Gasteiger partial charge in [0.05, 0.1) is 0 Å². The highest BCUT2D eigenvalue weighted by molar-refractivity contribution is 5.83. The second kappa shape index (κ2) is 8.95. The first kappa shape index (κ1) is 19.9. The van der Waals surface area contributed by atoms with Crippen molar-refractivity contribution in [2.24, 2.45) is 13.0 Å². The van der Waals surface area contributed by atoms with Crippen LogP contribution in [0, 0.1) is 5.92 Å². The Labute approximate surface area is 169 Å². The zero-order valence-corrected chi connectivity index (χ0v) is 17.6. The summed E-state index contributed by atoms with van der Waals surface area (Å²) in [6.07, 6.45) is 5.49. The lowest BCUT2D eigenvalue weighted by molar-refractivity contribution is 0.0213. The number of fused-ring (bicyclic) bond motifs is 1. The molecule has 1 N–H and O–H groups in total. The van der Waals surface area contributed by atoms with E-state index in [0.717, 1.165) is 25.9 Å². The molecule has 2 fully saturated rings. The predicted octanol–water partition coefficient (Wildman–Crippen LogP) is 2.39. The van der Waals surface area contributed by atoms with E-state index >= 15 is 0 Å². The van der Waals surface area contributed by atoms with E-state index in [9.17, 15) is 5.11 Å². The van der Waals surface area contributed by atoms with Crippen molar-refractivity contribution in [3.05, 3.63) is 36.0 Å². The third kappa shape index (κ3) is 4.28. The Balaban J connectivity index is 1.45. The van der Waals surface area contributed by atoms with Crippen LogP contribution in [0.25, 0.3) is 10.9 Å². The number of nitrogens with zero attached hydrogens (tertiary/aromatic N) is 4. The van der Waals surface area contributed by atoms with Gasteiger partial charge < -0.3 is 14.6 Å². The van der Waals surface area contributed by atoms with E-state index in [4.69, 9.17) is 0 Å². The summed E-state index contributed by atoms with van der Waals surface area (Å²) in [5.41, 5.74) is 2.76. The van der Waals surface area contributed by atoms with Gasteiger partial charge in [0.15, 0.2) is 0 Å². The number of aliphatic hydroxyl groups is 1. The van der Waals surface area contributed by atoms with Crippen molar-refractivity contribution >= 4 is 10.9 Å². The molecule has 1 aromatic carbocycles. The first-order valence-corrected chi connectivity index (χ1v) is 10.9. The Bertz CT molecular complexity index is 765. The number of aryl methyl sites for hydroxylation is 1. The molecule has 0 bridgehead atoms. The van der Waals surface area contributed by atoms with Crippen LogP contribution >= 0.6 is 0 Å².